The minimum Gasteiger partial charge on any atom is -0.382 e. The van der Waals surface area contributed by atoms with Crippen molar-refractivity contribution in [3.05, 3.63) is 60.4 Å². The van der Waals surface area contributed by atoms with Crippen LogP contribution in [0.5, 0.6) is 0 Å². The Morgan fingerprint density at radius 2 is 1.96 bits per heavy atom. The highest BCUT2D eigenvalue weighted by atomic mass is 16.5. The van der Waals surface area contributed by atoms with Gasteiger partial charge in [-0.15, -0.1) is 0 Å². The van der Waals surface area contributed by atoms with Crippen molar-refractivity contribution < 1.29 is 18.8 Å². The van der Waals surface area contributed by atoms with Gasteiger partial charge in [0.2, 0.25) is 5.91 Å². The minimum atomic E-state index is -0.334. The zero-order valence-corrected chi connectivity index (χ0v) is 15.8. The molecule has 0 unspecified atom stereocenters. The van der Waals surface area contributed by atoms with E-state index >= 15 is 0 Å². The van der Waals surface area contributed by atoms with Crippen molar-refractivity contribution in [2.45, 2.75) is 13.3 Å². The molecule has 0 radical (unpaired) electrons. The van der Waals surface area contributed by atoms with Crippen molar-refractivity contribution >= 4 is 28.4 Å². The van der Waals surface area contributed by atoms with Gasteiger partial charge in [0.1, 0.15) is 12.8 Å². The molecule has 7 nitrogen and oxygen atoms in total. The molecule has 1 heterocycles. The molecule has 3 rings (SSSR count). The Balaban J connectivity index is 1.73. The smallest absolute Gasteiger partial charge is 0.254 e. The van der Waals surface area contributed by atoms with Crippen molar-refractivity contribution in [3.8, 4) is 0 Å². The fourth-order valence-corrected chi connectivity index (χ4v) is 2.89. The first kappa shape index (κ1) is 19.6. The quantitative estimate of drug-likeness (QED) is 0.575. The molecule has 0 aliphatic carbocycles. The predicted octanol–water partition coefficient (Wildman–Crippen LogP) is 3.34. The predicted molar refractivity (Wildman–Crippen MR) is 106 cm³/mol. The lowest BCUT2D eigenvalue weighted by Crippen LogP contribution is -2.39. The van der Waals surface area contributed by atoms with Gasteiger partial charge in [0.05, 0.1) is 0 Å². The standard InChI is InChI=1S/C21H23N3O4/c1-2-27-12-5-11-24(15-20(25)22-19-10-13-28-23-19)21(26)18-9-8-16-6-3-4-7-17(16)14-18/h3-4,6-10,13-14H,2,5,11-12,15H2,1H3,(H,22,23,25). The van der Waals surface area contributed by atoms with Crippen LogP contribution >= 0.6 is 0 Å². The molecule has 3 aromatic rings. The number of benzene rings is 2. The Labute approximate surface area is 163 Å². The maximum Gasteiger partial charge on any atom is 0.254 e. The third-order valence-electron chi connectivity index (χ3n) is 4.24. The molecule has 0 aliphatic heterocycles. The fourth-order valence-electron chi connectivity index (χ4n) is 2.89. The normalized spacial score (nSPS) is 10.8. The monoisotopic (exact) mass is 381 g/mol. The number of ether oxygens (including phenoxy) is 1. The van der Waals surface area contributed by atoms with E-state index in [0.717, 1.165) is 10.8 Å². The molecule has 28 heavy (non-hydrogen) atoms. The highest BCUT2D eigenvalue weighted by molar-refractivity contribution is 6.01. The van der Waals surface area contributed by atoms with Gasteiger partial charge in [-0.1, -0.05) is 35.5 Å². The summed E-state index contributed by atoms with van der Waals surface area (Å²) in [4.78, 5) is 26.9. The second kappa shape index (κ2) is 9.66. The maximum absolute atomic E-state index is 13.1. The van der Waals surface area contributed by atoms with Gasteiger partial charge in [0.25, 0.3) is 5.91 Å². The average Bonchev–Trinajstić information content (AvgIpc) is 3.22. The average molecular weight is 381 g/mol. The topological polar surface area (TPSA) is 84.7 Å². The summed E-state index contributed by atoms with van der Waals surface area (Å²) in [5.74, 6) is -0.213. The molecule has 1 aromatic heterocycles. The van der Waals surface area contributed by atoms with Crippen molar-refractivity contribution in [2.75, 3.05) is 31.6 Å². The molecule has 0 saturated heterocycles. The lowest BCUT2D eigenvalue weighted by molar-refractivity contribution is -0.117. The van der Waals surface area contributed by atoms with E-state index in [2.05, 4.69) is 10.5 Å². The fraction of sp³-hybridized carbons (Fsp3) is 0.286. The van der Waals surface area contributed by atoms with E-state index in [1.807, 2.05) is 43.3 Å². The SMILES string of the molecule is CCOCCCN(CC(=O)Nc1ccon1)C(=O)c1ccc2ccccc2c1. The van der Waals surface area contributed by atoms with Crippen LogP contribution in [-0.2, 0) is 9.53 Å². The van der Waals surface area contributed by atoms with Crippen LogP contribution in [0, 0.1) is 0 Å². The van der Waals surface area contributed by atoms with Gasteiger partial charge in [-0.05, 0) is 36.2 Å². The van der Waals surface area contributed by atoms with E-state index in [-0.39, 0.29) is 18.4 Å². The zero-order chi connectivity index (χ0) is 19.8. The van der Waals surface area contributed by atoms with Crippen LogP contribution in [-0.4, -0.2) is 48.2 Å². The van der Waals surface area contributed by atoms with Crippen molar-refractivity contribution in [1.82, 2.24) is 10.1 Å². The van der Waals surface area contributed by atoms with Crippen LogP contribution < -0.4 is 5.32 Å². The molecule has 0 saturated carbocycles. The number of rotatable bonds is 9. The van der Waals surface area contributed by atoms with Crippen molar-refractivity contribution in [2.24, 2.45) is 0 Å². The summed E-state index contributed by atoms with van der Waals surface area (Å²) in [7, 11) is 0. The lowest BCUT2D eigenvalue weighted by Gasteiger charge is -2.22. The van der Waals surface area contributed by atoms with Crippen LogP contribution in [0.3, 0.4) is 0 Å². The summed E-state index contributed by atoms with van der Waals surface area (Å²) in [5, 5.41) is 8.32. The Morgan fingerprint density at radius 1 is 1.14 bits per heavy atom. The summed E-state index contributed by atoms with van der Waals surface area (Å²) < 4.78 is 10.1. The molecule has 0 spiro atoms. The molecule has 1 N–H and O–H groups in total. The zero-order valence-electron chi connectivity index (χ0n) is 15.8. The highest BCUT2D eigenvalue weighted by Crippen LogP contribution is 2.17. The molecular formula is C21H23N3O4. The summed E-state index contributed by atoms with van der Waals surface area (Å²) in [6, 6.07) is 14.9. The minimum absolute atomic E-state index is 0.0787. The van der Waals surface area contributed by atoms with E-state index in [0.29, 0.717) is 37.6 Å². The van der Waals surface area contributed by atoms with Crippen LogP contribution in [0.1, 0.15) is 23.7 Å². The second-order valence-corrected chi connectivity index (χ2v) is 6.27. The summed E-state index contributed by atoms with van der Waals surface area (Å²) in [6.07, 6.45) is 2.01. The summed E-state index contributed by atoms with van der Waals surface area (Å²) in [6.45, 7) is 3.40. The van der Waals surface area contributed by atoms with E-state index < -0.39 is 0 Å². The van der Waals surface area contributed by atoms with E-state index in [9.17, 15) is 9.59 Å². The molecule has 0 bridgehead atoms. The first-order valence-electron chi connectivity index (χ1n) is 9.23. The maximum atomic E-state index is 13.1. The lowest BCUT2D eigenvalue weighted by atomic mass is 10.1. The summed E-state index contributed by atoms with van der Waals surface area (Å²) in [5.41, 5.74) is 0.546. The number of nitrogens with one attached hydrogen (secondary N) is 1. The van der Waals surface area contributed by atoms with E-state index in [4.69, 9.17) is 9.26 Å². The second-order valence-electron chi connectivity index (χ2n) is 6.27. The van der Waals surface area contributed by atoms with Gasteiger partial charge >= 0.3 is 0 Å². The number of fused-ring (bicyclic) bond motifs is 1. The molecule has 0 atom stereocenters. The first-order valence-corrected chi connectivity index (χ1v) is 9.23. The Kier molecular flexibility index (Phi) is 6.75. The highest BCUT2D eigenvalue weighted by Gasteiger charge is 2.19. The van der Waals surface area contributed by atoms with Gasteiger partial charge in [-0.3, -0.25) is 9.59 Å². The van der Waals surface area contributed by atoms with Crippen LogP contribution in [0.25, 0.3) is 10.8 Å². The third-order valence-corrected chi connectivity index (χ3v) is 4.24. The number of hydrogen-bond acceptors (Lipinski definition) is 5. The number of anilines is 1. The number of nitrogens with zero attached hydrogens (tertiary/aromatic N) is 2. The van der Waals surface area contributed by atoms with Gasteiger partial charge in [-0.25, -0.2) is 0 Å². The number of carbonyl (C=O) groups is 2. The largest absolute Gasteiger partial charge is 0.382 e. The van der Waals surface area contributed by atoms with Crippen LogP contribution in [0.2, 0.25) is 0 Å². The van der Waals surface area contributed by atoms with Crippen LogP contribution in [0.15, 0.2) is 59.3 Å². The molecule has 7 heteroatoms. The van der Waals surface area contributed by atoms with Gasteiger partial charge < -0.3 is 19.5 Å². The van der Waals surface area contributed by atoms with Crippen molar-refractivity contribution in [1.29, 1.82) is 0 Å². The Morgan fingerprint density at radius 3 is 2.71 bits per heavy atom. The molecule has 146 valence electrons. The van der Waals surface area contributed by atoms with Crippen LogP contribution in [0.4, 0.5) is 5.82 Å². The number of carbonyl (C=O) groups excluding carboxylic acids is 2. The van der Waals surface area contributed by atoms with Gasteiger partial charge in [-0.2, -0.15) is 0 Å². The van der Waals surface area contributed by atoms with Crippen molar-refractivity contribution in [3.63, 3.8) is 0 Å². The molecule has 0 fully saturated rings. The van der Waals surface area contributed by atoms with E-state index in [1.165, 1.54) is 11.2 Å². The Bertz CT molecular complexity index is 924. The number of aromatic nitrogens is 1. The number of hydrogen-bond donors (Lipinski definition) is 1. The van der Waals surface area contributed by atoms with E-state index in [1.54, 1.807) is 12.1 Å². The molecule has 2 amide bonds. The number of amides is 2. The van der Waals surface area contributed by atoms with Gasteiger partial charge in [0.15, 0.2) is 5.82 Å². The molecule has 0 aliphatic rings. The Hall–Kier alpha value is -3.19. The summed E-state index contributed by atoms with van der Waals surface area (Å²) >= 11 is 0. The molecular weight excluding hydrogens is 358 g/mol. The molecule has 2 aromatic carbocycles. The third kappa shape index (κ3) is 5.17. The van der Waals surface area contributed by atoms with Gasteiger partial charge in [0, 0.05) is 31.4 Å². The first-order chi connectivity index (χ1) is 13.7.